The predicted octanol–water partition coefficient (Wildman–Crippen LogP) is 4.90. The molecule has 2 heterocycles. The molecule has 0 radical (unpaired) electrons. The molecule has 1 aliphatic rings. The topological polar surface area (TPSA) is 43.8 Å². The van der Waals surface area contributed by atoms with Gasteiger partial charge in [0.2, 0.25) is 0 Å². The van der Waals surface area contributed by atoms with Gasteiger partial charge in [0, 0.05) is 12.5 Å². The summed E-state index contributed by atoms with van der Waals surface area (Å²) < 4.78 is 2.29. The molecule has 2 N–H and O–H groups in total. The maximum atomic E-state index is 6.34. The third kappa shape index (κ3) is 4.24. The van der Waals surface area contributed by atoms with E-state index in [0.29, 0.717) is 6.04 Å². The Labute approximate surface area is 130 Å². The number of nitrogen functional groups attached to an aromatic ring is 1. The van der Waals surface area contributed by atoms with E-state index in [1.165, 1.54) is 57.2 Å². The Hall–Kier alpha value is -0.990. The Bertz CT molecular complexity index is 436. The quantitative estimate of drug-likeness (QED) is 0.692. The monoisotopic (exact) mass is 291 g/mol. The zero-order valence-corrected chi connectivity index (χ0v) is 14.2. The first-order chi connectivity index (χ1) is 10.1. The molecule has 3 heteroatoms. The number of aromatic nitrogens is 2. The van der Waals surface area contributed by atoms with Crippen molar-refractivity contribution in [2.45, 2.75) is 91.0 Å². The fraction of sp³-hybridized carbons (Fsp3) is 0.833. The van der Waals surface area contributed by atoms with Crippen molar-refractivity contribution in [3.63, 3.8) is 0 Å². The number of fused-ring (bicyclic) bond motifs is 1. The molecule has 120 valence electrons. The zero-order valence-electron chi connectivity index (χ0n) is 14.2. The first kappa shape index (κ1) is 16.4. The molecule has 0 bridgehead atoms. The lowest BCUT2D eigenvalue weighted by atomic mass is 9.95. The van der Waals surface area contributed by atoms with E-state index >= 15 is 0 Å². The van der Waals surface area contributed by atoms with Gasteiger partial charge in [0.05, 0.1) is 5.69 Å². The lowest BCUT2D eigenvalue weighted by Crippen LogP contribution is -2.22. The summed E-state index contributed by atoms with van der Waals surface area (Å²) in [5.74, 6) is 2.90. The Morgan fingerprint density at radius 1 is 1.10 bits per heavy atom. The van der Waals surface area contributed by atoms with Gasteiger partial charge >= 0.3 is 0 Å². The molecule has 0 fully saturated rings. The second-order valence-corrected chi connectivity index (χ2v) is 7.00. The van der Waals surface area contributed by atoms with E-state index in [0.717, 1.165) is 30.3 Å². The average molecular weight is 291 g/mol. The fourth-order valence-corrected chi connectivity index (χ4v) is 3.70. The average Bonchev–Trinajstić information content (AvgIpc) is 2.74. The number of unbranched alkanes of at least 4 members (excludes halogenated alkanes) is 6. The van der Waals surface area contributed by atoms with E-state index < -0.39 is 0 Å². The summed E-state index contributed by atoms with van der Waals surface area (Å²) in [5.41, 5.74) is 7.49. The van der Waals surface area contributed by atoms with E-state index in [2.05, 4.69) is 25.3 Å². The van der Waals surface area contributed by atoms with Gasteiger partial charge < -0.3 is 10.3 Å². The highest BCUT2D eigenvalue weighted by atomic mass is 15.2. The summed E-state index contributed by atoms with van der Waals surface area (Å²) in [5, 5.41) is 0. The molecule has 2 atom stereocenters. The van der Waals surface area contributed by atoms with Gasteiger partial charge in [-0.2, -0.15) is 0 Å². The van der Waals surface area contributed by atoms with Gasteiger partial charge in [-0.05, 0) is 32.1 Å². The number of rotatable bonds is 8. The van der Waals surface area contributed by atoms with Gasteiger partial charge in [-0.15, -0.1) is 0 Å². The van der Waals surface area contributed by atoms with Gasteiger partial charge in [0.1, 0.15) is 11.6 Å². The van der Waals surface area contributed by atoms with E-state index in [9.17, 15) is 0 Å². The predicted molar refractivity (Wildman–Crippen MR) is 90.5 cm³/mol. The van der Waals surface area contributed by atoms with Crippen LogP contribution in [0.4, 0.5) is 5.82 Å². The highest BCUT2D eigenvalue weighted by molar-refractivity contribution is 5.39. The van der Waals surface area contributed by atoms with Crippen LogP contribution in [0.3, 0.4) is 0 Å². The van der Waals surface area contributed by atoms with Crippen LogP contribution in [0, 0.1) is 5.92 Å². The summed E-state index contributed by atoms with van der Waals surface area (Å²) in [6, 6.07) is 0.513. The zero-order chi connectivity index (χ0) is 15.2. The summed E-state index contributed by atoms with van der Waals surface area (Å²) in [4.78, 5) is 4.84. The van der Waals surface area contributed by atoms with Crippen molar-refractivity contribution in [2.24, 2.45) is 5.92 Å². The molecular formula is C18H33N3. The minimum Gasteiger partial charge on any atom is -0.384 e. The highest BCUT2D eigenvalue weighted by Crippen LogP contribution is 2.32. The smallest absolute Gasteiger partial charge is 0.127 e. The number of aryl methyl sites for hydroxylation is 1. The van der Waals surface area contributed by atoms with Crippen molar-refractivity contribution in [1.82, 2.24) is 9.55 Å². The SMILES string of the molecule is CCCCCCCCCc1nc2n(c1N)C(C)CC(C)C2. The summed E-state index contributed by atoms with van der Waals surface area (Å²) >= 11 is 0. The molecule has 0 aliphatic carbocycles. The summed E-state index contributed by atoms with van der Waals surface area (Å²) in [6.45, 7) is 6.86. The molecule has 0 amide bonds. The number of nitrogens with two attached hydrogens (primary N) is 1. The summed E-state index contributed by atoms with van der Waals surface area (Å²) in [6.07, 6.45) is 12.8. The van der Waals surface area contributed by atoms with E-state index in [1.807, 2.05) is 0 Å². The molecular weight excluding hydrogens is 258 g/mol. The summed E-state index contributed by atoms with van der Waals surface area (Å²) in [7, 11) is 0. The second-order valence-electron chi connectivity index (χ2n) is 7.00. The fourth-order valence-electron chi connectivity index (χ4n) is 3.70. The van der Waals surface area contributed by atoms with Gasteiger partial charge in [-0.1, -0.05) is 52.4 Å². The van der Waals surface area contributed by atoms with Crippen LogP contribution in [0.2, 0.25) is 0 Å². The normalized spacial score (nSPS) is 21.5. The number of hydrogen-bond donors (Lipinski definition) is 1. The molecule has 1 aliphatic heterocycles. The van der Waals surface area contributed by atoms with E-state index in [4.69, 9.17) is 10.7 Å². The van der Waals surface area contributed by atoms with Crippen molar-refractivity contribution in [3.05, 3.63) is 11.5 Å². The molecule has 0 saturated carbocycles. The van der Waals surface area contributed by atoms with Crippen molar-refractivity contribution < 1.29 is 0 Å². The first-order valence-corrected chi connectivity index (χ1v) is 8.98. The Morgan fingerprint density at radius 3 is 2.48 bits per heavy atom. The van der Waals surface area contributed by atoms with Crippen LogP contribution in [0.1, 0.15) is 89.7 Å². The van der Waals surface area contributed by atoms with Crippen LogP contribution in [-0.4, -0.2) is 9.55 Å². The molecule has 2 rings (SSSR count). The van der Waals surface area contributed by atoms with Crippen molar-refractivity contribution in [2.75, 3.05) is 5.73 Å². The third-order valence-corrected chi connectivity index (χ3v) is 4.83. The van der Waals surface area contributed by atoms with Crippen LogP contribution >= 0.6 is 0 Å². The van der Waals surface area contributed by atoms with E-state index in [-0.39, 0.29) is 0 Å². The lowest BCUT2D eigenvalue weighted by molar-refractivity contribution is 0.346. The highest BCUT2D eigenvalue weighted by Gasteiger charge is 2.25. The maximum Gasteiger partial charge on any atom is 0.127 e. The Balaban J connectivity index is 1.81. The Kier molecular flexibility index (Phi) is 6.13. The molecule has 1 aromatic heterocycles. The van der Waals surface area contributed by atoms with Crippen LogP contribution in [0.15, 0.2) is 0 Å². The van der Waals surface area contributed by atoms with Gasteiger partial charge in [-0.3, -0.25) is 0 Å². The van der Waals surface area contributed by atoms with Crippen molar-refractivity contribution >= 4 is 5.82 Å². The van der Waals surface area contributed by atoms with Crippen LogP contribution in [0.25, 0.3) is 0 Å². The molecule has 21 heavy (non-hydrogen) atoms. The standard InChI is InChI=1S/C18H33N3/c1-4-5-6-7-8-9-10-11-16-18(19)21-15(3)12-14(2)13-17(21)20-16/h14-15H,4-13,19H2,1-3H3. The molecule has 3 nitrogen and oxygen atoms in total. The Morgan fingerprint density at radius 2 is 1.76 bits per heavy atom. The number of hydrogen-bond acceptors (Lipinski definition) is 2. The largest absolute Gasteiger partial charge is 0.384 e. The molecule has 1 aromatic rings. The van der Waals surface area contributed by atoms with Gasteiger partial charge in [0.25, 0.3) is 0 Å². The van der Waals surface area contributed by atoms with Crippen molar-refractivity contribution in [3.8, 4) is 0 Å². The number of anilines is 1. The van der Waals surface area contributed by atoms with Crippen LogP contribution in [0.5, 0.6) is 0 Å². The first-order valence-electron chi connectivity index (χ1n) is 8.98. The maximum absolute atomic E-state index is 6.34. The minimum absolute atomic E-state index is 0.513. The molecule has 0 aromatic carbocycles. The van der Waals surface area contributed by atoms with Crippen LogP contribution in [-0.2, 0) is 12.8 Å². The molecule has 0 spiro atoms. The van der Waals surface area contributed by atoms with E-state index in [1.54, 1.807) is 0 Å². The lowest BCUT2D eigenvalue weighted by Gasteiger charge is -2.27. The van der Waals surface area contributed by atoms with Crippen LogP contribution < -0.4 is 5.73 Å². The third-order valence-electron chi connectivity index (χ3n) is 4.83. The van der Waals surface area contributed by atoms with Gasteiger partial charge in [0.15, 0.2) is 0 Å². The minimum atomic E-state index is 0.513. The number of nitrogens with zero attached hydrogens (tertiary/aromatic N) is 2. The molecule has 0 saturated heterocycles. The molecule has 2 unspecified atom stereocenters. The number of imidazole rings is 1. The van der Waals surface area contributed by atoms with Gasteiger partial charge in [-0.25, -0.2) is 4.98 Å². The van der Waals surface area contributed by atoms with Crippen molar-refractivity contribution in [1.29, 1.82) is 0 Å². The second kappa shape index (κ2) is 7.86.